The van der Waals surface area contributed by atoms with Crippen molar-refractivity contribution in [1.82, 2.24) is 5.32 Å². The molecular formula is C28H31NO5. The van der Waals surface area contributed by atoms with Crippen LogP contribution < -0.4 is 10.1 Å². The van der Waals surface area contributed by atoms with Crippen LogP contribution in [0.5, 0.6) is 5.75 Å². The molecule has 0 spiro atoms. The van der Waals surface area contributed by atoms with Gasteiger partial charge in [-0.15, -0.1) is 0 Å². The second-order valence-electron chi connectivity index (χ2n) is 8.83. The van der Waals surface area contributed by atoms with Crippen molar-refractivity contribution in [3.05, 3.63) is 87.8 Å². The first-order valence-corrected chi connectivity index (χ1v) is 11.5. The lowest BCUT2D eigenvalue weighted by molar-refractivity contribution is -0.140. The third-order valence-corrected chi connectivity index (χ3v) is 6.57. The highest BCUT2D eigenvalue weighted by Crippen LogP contribution is 2.45. The Bertz CT molecular complexity index is 1130. The molecule has 0 unspecified atom stereocenters. The number of ketones is 1. The molecular weight excluding hydrogens is 430 g/mol. The van der Waals surface area contributed by atoms with Crippen LogP contribution in [0.25, 0.3) is 0 Å². The molecule has 0 saturated heterocycles. The Morgan fingerprint density at radius 3 is 2.26 bits per heavy atom. The van der Waals surface area contributed by atoms with Crippen molar-refractivity contribution >= 4 is 11.8 Å². The van der Waals surface area contributed by atoms with Gasteiger partial charge in [0.25, 0.3) is 0 Å². The summed E-state index contributed by atoms with van der Waals surface area (Å²) in [7, 11) is 3.20. The summed E-state index contributed by atoms with van der Waals surface area (Å²) < 4.78 is 15.8. The first kappa shape index (κ1) is 23.8. The molecule has 178 valence electrons. The maximum Gasteiger partial charge on any atom is 0.336 e. The van der Waals surface area contributed by atoms with Gasteiger partial charge in [-0.1, -0.05) is 42.0 Å². The smallest absolute Gasteiger partial charge is 0.336 e. The molecule has 6 heteroatoms. The van der Waals surface area contributed by atoms with Crippen molar-refractivity contribution in [2.75, 3.05) is 27.4 Å². The lowest BCUT2D eigenvalue weighted by Crippen LogP contribution is -2.36. The molecule has 0 fully saturated rings. The highest BCUT2D eigenvalue weighted by molar-refractivity contribution is 6.04. The number of Topliss-reactive ketones (excluding diaryl/α,β-unsaturated/α-hetero) is 1. The predicted molar refractivity (Wildman–Crippen MR) is 130 cm³/mol. The summed E-state index contributed by atoms with van der Waals surface area (Å²) in [5.41, 5.74) is 5.87. The molecule has 2 aromatic rings. The number of methoxy groups -OCH3 is 2. The molecule has 1 aliphatic heterocycles. The zero-order valence-electron chi connectivity index (χ0n) is 20.1. The normalized spacial score (nSPS) is 20.1. The highest BCUT2D eigenvalue weighted by atomic mass is 16.6. The van der Waals surface area contributed by atoms with E-state index in [0.717, 1.165) is 33.8 Å². The fourth-order valence-corrected chi connectivity index (χ4v) is 4.81. The minimum Gasteiger partial charge on any atom is -0.497 e. The molecule has 34 heavy (non-hydrogen) atoms. The van der Waals surface area contributed by atoms with Gasteiger partial charge in [-0.05, 0) is 49.4 Å². The summed E-state index contributed by atoms with van der Waals surface area (Å²) in [4.78, 5) is 26.7. The average Bonchev–Trinajstić information content (AvgIpc) is 2.83. The van der Waals surface area contributed by atoms with Crippen LogP contribution in [0.3, 0.4) is 0 Å². The number of aryl methyl sites for hydroxylation is 1. The van der Waals surface area contributed by atoms with Gasteiger partial charge in [-0.2, -0.15) is 0 Å². The standard InChI is InChI=1S/C28H31NO5/c1-17-5-7-20(8-6-17)26-25(28(31)34-14-13-32-3)18(2)29-23-15-21(16-24(30)27(23)26)19-9-11-22(33-4)12-10-19/h5-12,21,26,29H,13-16H2,1-4H3/t21-,26-/m0/s1. The first-order chi connectivity index (χ1) is 16.4. The second kappa shape index (κ2) is 10.3. The summed E-state index contributed by atoms with van der Waals surface area (Å²) in [5.74, 6) is 0.0121. The Labute approximate surface area is 200 Å². The van der Waals surface area contributed by atoms with Crippen molar-refractivity contribution in [3.8, 4) is 5.75 Å². The number of carbonyl (C=O) groups is 2. The van der Waals surface area contributed by atoms with Crippen molar-refractivity contribution < 1.29 is 23.8 Å². The Morgan fingerprint density at radius 2 is 1.62 bits per heavy atom. The Hall–Kier alpha value is -3.38. The molecule has 0 bridgehead atoms. The van der Waals surface area contributed by atoms with Gasteiger partial charge >= 0.3 is 5.97 Å². The van der Waals surface area contributed by atoms with Gasteiger partial charge in [-0.3, -0.25) is 4.79 Å². The van der Waals surface area contributed by atoms with Crippen LogP contribution in [0.15, 0.2) is 71.1 Å². The molecule has 1 heterocycles. The van der Waals surface area contributed by atoms with E-state index < -0.39 is 11.9 Å². The van der Waals surface area contributed by atoms with Crippen LogP contribution in [0.2, 0.25) is 0 Å². The largest absolute Gasteiger partial charge is 0.497 e. The summed E-state index contributed by atoms with van der Waals surface area (Å²) in [6.07, 6.45) is 1.08. The number of dihydropyridines is 1. The second-order valence-corrected chi connectivity index (χ2v) is 8.83. The third kappa shape index (κ3) is 4.77. The number of benzene rings is 2. The first-order valence-electron chi connectivity index (χ1n) is 11.5. The molecule has 0 saturated carbocycles. The van der Waals surface area contributed by atoms with Gasteiger partial charge in [0.2, 0.25) is 0 Å². The fraction of sp³-hybridized carbons (Fsp3) is 0.357. The van der Waals surface area contributed by atoms with E-state index >= 15 is 0 Å². The van der Waals surface area contributed by atoms with Crippen LogP contribution in [0, 0.1) is 6.92 Å². The van der Waals surface area contributed by atoms with Crippen LogP contribution in [-0.4, -0.2) is 39.2 Å². The van der Waals surface area contributed by atoms with Crippen molar-refractivity contribution in [2.45, 2.75) is 38.5 Å². The SMILES string of the molecule is COCCOC(=O)C1=C(C)NC2=C(C(=O)C[C@@H](c3ccc(OC)cc3)C2)[C@H]1c1ccc(C)cc1. The molecule has 0 amide bonds. The van der Waals surface area contributed by atoms with Gasteiger partial charge in [0.05, 0.1) is 19.3 Å². The Balaban J connectivity index is 1.72. The zero-order chi connectivity index (χ0) is 24.2. The molecule has 0 radical (unpaired) electrons. The van der Waals surface area contributed by atoms with Crippen LogP contribution in [0.1, 0.15) is 48.3 Å². The van der Waals surface area contributed by atoms with E-state index in [9.17, 15) is 9.59 Å². The van der Waals surface area contributed by atoms with Gasteiger partial charge in [0.15, 0.2) is 5.78 Å². The number of nitrogens with one attached hydrogen (secondary N) is 1. The summed E-state index contributed by atoms with van der Waals surface area (Å²) in [6.45, 7) is 4.37. The third-order valence-electron chi connectivity index (χ3n) is 6.57. The number of allylic oxidation sites excluding steroid dienone is 3. The van der Waals surface area contributed by atoms with Gasteiger partial charge in [0.1, 0.15) is 12.4 Å². The number of ether oxygens (including phenoxy) is 3. The Kier molecular flexibility index (Phi) is 7.17. The van der Waals surface area contributed by atoms with Crippen molar-refractivity contribution in [2.24, 2.45) is 0 Å². The fourth-order valence-electron chi connectivity index (χ4n) is 4.81. The minimum atomic E-state index is -0.462. The van der Waals surface area contributed by atoms with Crippen LogP contribution in [0.4, 0.5) is 0 Å². The van der Waals surface area contributed by atoms with E-state index in [1.807, 2.05) is 62.4 Å². The van der Waals surface area contributed by atoms with Crippen molar-refractivity contribution in [1.29, 1.82) is 0 Å². The molecule has 1 N–H and O–H groups in total. The van der Waals surface area contributed by atoms with E-state index in [-0.39, 0.29) is 18.3 Å². The average molecular weight is 462 g/mol. The van der Waals surface area contributed by atoms with E-state index in [0.29, 0.717) is 30.6 Å². The van der Waals surface area contributed by atoms with E-state index in [2.05, 4.69) is 5.32 Å². The number of hydrogen-bond acceptors (Lipinski definition) is 6. The summed E-state index contributed by atoms with van der Waals surface area (Å²) in [5, 5.41) is 3.39. The van der Waals surface area contributed by atoms with E-state index in [4.69, 9.17) is 14.2 Å². The predicted octanol–water partition coefficient (Wildman–Crippen LogP) is 4.55. The van der Waals surface area contributed by atoms with Crippen LogP contribution >= 0.6 is 0 Å². The molecule has 2 aromatic carbocycles. The maximum atomic E-state index is 13.6. The number of carbonyl (C=O) groups excluding carboxylic acids is 2. The molecule has 2 aliphatic rings. The van der Waals surface area contributed by atoms with E-state index in [1.165, 1.54) is 0 Å². The topological polar surface area (TPSA) is 73.9 Å². The summed E-state index contributed by atoms with van der Waals surface area (Å²) in [6, 6.07) is 15.9. The lowest BCUT2D eigenvalue weighted by atomic mass is 9.71. The molecule has 6 nitrogen and oxygen atoms in total. The number of esters is 1. The van der Waals surface area contributed by atoms with Gasteiger partial charge < -0.3 is 19.5 Å². The highest BCUT2D eigenvalue weighted by Gasteiger charge is 2.41. The Morgan fingerprint density at radius 1 is 0.941 bits per heavy atom. The zero-order valence-corrected chi connectivity index (χ0v) is 20.1. The molecule has 4 rings (SSSR count). The van der Waals surface area contributed by atoms with Gasteiger partial charge in [0, 0.05) is 36.4 Å². The minimum absolute atomic E-state index is 0.0508. The molecule has 0 aromatic heterocycles. The monoisotopic (exact) mass is 461 g/mol. The lowest BCUT2D eigenvalue weighted by Gasteiger charge is -2.36. The summed E-state index contributed by atoms with van der Waals surface area (Å²) >= 11 is 0. The molecule has 1 aliphatic carbocycles. The quantitative estimate of drug-likeness (QED) is 0.482. The molecule has 2 atom stereocenters. The van der Waals surface area contributed by atoms with Gasteiger partial charge in [-0.25, -0.2) is 4.79 Å². The van der Waals surface area contributed by atoms with E-state index in [1.54, 1.807) is 14.2 Å². The van der Waals surface area contributed by atoms with Crippen LogP contribution in [-0.2, 0) is 19.1 Å². The number of hydrogen-bond donors (Lipinski definition) is 1. The number of rotatable bonds is 7. The van der Waals surface area contributed by atoms with Crippen molar-refractivity contribution in [3.63, 3.8) is 0 Å². The maximum absolute atomic E-state index is 13.6.